The van der Waals surface area contributed by atoms with Crippen LogP contribution in [0.2, 0.25) is 0 Å². The topological polar surface area (TPSA) is 67.4 Å². The second-order valence-corrected chi connectivity index (χ2v) is 4.45. The van der Waals surface area contributed by atoms with Gasteiger partial charge in [0.15, 0.2) is 0 Å². The third kappa shape index (κ3) is 2.15. The average Bonchev–Trinajstić information content (AvgIpc) is 2.60. The van der Waals surface area contributed by atoms with Gasteiger partial charge in [-0.15, -0.1) is 0 Å². The Bertz CT molecular complexity index is 329. The Kier molecular flexibility index (Phi) is 2.97. The molecule has 0 aliphatic carbocycles. The van der Waals surface area contributed by atoms with Gasteiger partial charge in [-0.3, -0.25) is 10.1 Å². The lowest BCUT2D eigenvalue weighted by atomic mass is 10.2. The van der Waals surface area contributed by atoms with Gasteiger partial charge in [0, 0.05) is 0 Å². The molecule has 2 aliphatic rings. The first kappa shape index (κ1) is 10.5. The summed E-state index contributed by atoms with van der Waals surface area (Å²) in [5.41, 5.74) is 0. The van der Waals surface area contributed by atoms with E-state index in [0.29, 0.717) is 18.1 Å². The number of hydrogen-bond acceptors (Lipinski definition) is 5. The van der Waals surface area contributed by atoms with Gasteiger partial charge in [0.05, 0.1) is 29.5 Å². The lowest BCUT2D eigenvalue weighted by molar-refractivity contribution is -0.137. The van der Waals surface area contributed by atoms with Crippen LogP contribution in [0, 0.1) is 0 Å². The van der Waals surface area contributed by atoms with E-state index >= 15 is 0 Å². The summed E-state index contributed by atoms with van der Waals surface area (Å²) >= 11 is 1.41. The highest BCUT2D eigenvalue weighted by Gasteiger charge is 2.35. The van der Waals surface area contributed by atoms with Crippen molar-refractivity contribution in [1.29, 1.82) is 0 Å². The number of esters is 1. The van der Waals surface area contributed by atoms with E-state index in [9.17, 15) is 9.59 Å². The SMILES string of the molecule is CCOC(=O)C1=CC2NC(=O)CNC2S1. The van der Waals surface area contributed by atoms with Crippen LogP contribution in [0.3, 0.4) is 0 Å². The molecule has 1 saturated heterocycles. The molecular formula is C9H12N2O3S. The maximum absolute atomic E-state index is 11.4. The molecule has 0 bridgehead atoms. The van der Waals surface area contributed by atoms with Crippen LogP contribution in [0.15, 0.2) is 11.0 Å². The van der Waals surface area contributed by atoms with Crippen molar-refractivity contribution in [1.82, 2.24) is 10.6 Å². The number of piperazine rings is 1. The molecule has 1 amide bonds. The molecule has 2 rings (SSSR count). The fourth-order valence-corrected chi connectivity index (χ4v) is 2.65. The van der Waals surface area contributed by atoms with Gasteiger partial charge in [0.1, 0.15) is 0 Å². The molecule has 6 heteroatoms. The van der Waals surface area contributed by atoms with Gasteiger partial charge in [-0.1, -0.05) is 11.8 Å². The molecule has 0 aromatic carbocycles. The van der Waals surface area contributed by atoms with E-state index in [1.165, 1.54) is 11.8 Å². The Morgan fingerprint density at radius 3 is 3.27 bits per heavy atom. The maximum Gasteiger partial charge on any atom is 0.344 e. The first-order chi connectivity index (χ1) is 7.20. The zero-order valence-electron chi connectivity index (χ0n) is 8.28. The van der Waals surface area contributed by atoms with Gasteiger partial charge >= 0.3 is 5.97 Å². The van der Waals surface area contributed by atoms with Crippen molar-refractivity contribution in [3.8, 4) is 0 Å². The highest BCUT2D eigenvalue weighted by Crippen LogP contribution is 2.32. The lowest BCUT2D eigenvalue weighted by Crippen LogP contribution is -2.55. The summed E-state index contributed by atoms with van der Waals surface area (Å²) in [6, 6.07) is -0.101. The van der Waals surface area contributed by atoms with Crippen LogP contribution in [0.25, 0.3) is 0 Å². The van der Waals surface area contributed by atoms with Crippen LogP contribution >= 0.6 is 11.8 Å². The summed E-state index contributed by atoms with van der Waals surface area (Å²) in [7, 11) is 0. The summed E-state index contributed by atoms with van der Waals surface area (Å²) in [6.45, 7) is 2.44. The van der Waals surface area contributed by atoms with E-state index in [4.69, 9.17) is 4.74 Å². The van der Waals surface area contributed by atoms with Crippen molar-refractivity contribution in [3.63, 3.8) is 0 Å². The van der Waals surface area contributed by atoms with E-state index in [0.717, 1.165) is 0 Å². The number of fused-ring (bicyclic) bond motifs is 1. The summed E-state index contributed by atoms with van der Waals surface area (Å²) < 4.78 is 4.89. The van der Waals surface area contributed by atoms with Crippen LogP contribution in [0.5, 0.6) is 0 Å². The molecule has 82 valence electrons. The first-order valence-corrected chi connectivity index (χ1v) is 5.67. The van der Waals surface area contributed by atoms with Crippen molar-refractivity contribution in [3.05, 3.63) is 11.0 Å². The number of carbonyl (C=O) groups is 2. The van der Waals surface area contributed by atoms with Gasteiger partial charge in [0.2, 0.25) is 5.91 Å². The van der Waals surface area contributed by atoms with Crippen LogP contribution in [0.4, 0.5) is 0 Å². The lowest BCUT2D eigenvalue weighted by Gasteiger charge is -2.25. The van der Waals surface area contributed by atoms with E-state index < -0.39 is 0 Å². The van der Waals surface area contributed by atoms with E-state index in [-0.39, 0.29) is 23.3 Å². The molecule has 0 saturated carbocycles. The van der Waals surface area contributed by atoms with Crippen molar-refractivity contribution >= 4 is 23.6 Å². The molecular weight excluding hydrogens is 216 g/mol. The summed E-state index contributed by atoms with van der Waals surface area (Å²) in [5, 5.41) is 5.91. The number of ether oxygens (including phenoxy) is 1. The molecule has 2 aliphatic heterocycles. The number of amides is 1. The zero-order valence-corrected chi connectivity index (χ0v) is 9.10. The third-order valence-corrected chi connectivity index (χ3v) is 3.45. The first-order valence-electron chi connectivity index (χ1n) is 4.79. The predicted octanol–water partition coefficient (Wildman–Crippen LogP) is -0.406. The van der Waals surface area contributed by atoms with Crippen molar-refractivity contribution in [2.45, 2.75) is 18.3 Å². The molecule has 0 spiro atoms. The zero-order chi connectivity index (χ0) is 10.8. The fraction of sp³-hybridized carbons (Fsp3) is 0.556. The molecule has 0 radical (unpaired) electrons. The predicted molar refractivity (Wildman–Crippen MR) is 56.0 cm³/mol. The van der Waals surface area contributed by atoms with Crippen LogP contribution < -0.4 is 10.6 Å². The minimum Gasteiger partial charge on any atom is -0.462 e. The summed E-state index contributed by atoms with van der Waals surface area (Å²) in [5.74, 6) is -0.355. The van der Waals surface area contributed by atoms with E-state index in [2.05, 4.69) is 10.6 Å². The summed E-state index contributed by atoms with van der Waals surface area (Å²) in [4.78, 5) is 23.1. The smallest absolute Gasteiger partial charge is 0.344 e. The second-order valence-electron chi connectivity index (χ2n) is 3.26. The molecule has 0 aromatic heterocycles. The maximum atomic E-state index is 11.4. The highest BCUT2D eigenvalue weighted by molar-refractivity contribution is 8.04. The fourth-order valence-electron chi connectivity index (χ4n) is 1.53. The molecule has 2 N–H and O–H groups in total. The number of nitrogens with one attached hydrogen (secondary N) is 2. The molecule has 1 fully saturated rings. The van der Waals surface area contributed by atoms with Gasteiger partial charge in [-0.2, -0.15) is 0 Å². The van der Waals surface area contributed by atoms with E-state index in [1.54, 1.807) is 13.0 Å². The number of carbonyl (C=O) groups excluding carboxylic acids is 2. The van der Waals surface area contributed by atoms with Gasteiger partial charge in [0.25, 0.3) is 0 Å². The summed E-state index contributed by atoms with van der Waals surface area (Å²) in [6.07, 6.45) is 1.75. The van der Waals surface area contributed by atoms with Crippen molar-refractivity contribution in [2.75, 3.05) is 13.2 Å². The minimum atomic E-state index is -0.312. The average molecular weight is 228 g/mol. The molecule has 5 nitrogen and oxygen atoms in total. The van der Waals surface area contributed by atoms with Gasteiger partial charge in [-0.25, -0.2) is 4.79 Å². The number of thioether (sulfide) groups is 1. The molecule has 2 heterocycles. The van der Waals surface area contributed by atoms with Gasteiger partial charge < -0.3 is 10.1 Å². The number of rotatable bonds is 2. The normalized spacial score (nSPS) is 29.1. The molecule has 2 atom stereocenters. The van der Waals surface area contributed by atoms with Crippen molar-refractivity contribution < 1.29 is 14.3 Å². The standard InChI is InChI=1S/C9H12N2O3S/c1-2-14-9(13)6-3-5-8(15-6)10-4-7(12)11-5/h3,5,8,10H,2,4H2,1H3,(H,11,12). The molecule has 15 heavy (non-hydrogen) atoms. The minimum absolute atomic E-state index is 0.0433. The Morgan fingerprint density at radius 1 is 1.73 bits per heavy atom. The highest BCUT2D eigenvalue weighted by atomic mass is 32.2. The monoisotopic (exact) mass is 228 g/mol. The largest absolute Gasteiger partial charge is 0.462 e. The Morgan fingerprint density at radius 2 is 2.53 bits per heavy atom. The second kappa shape index (κ2) is 4.24. The quantitative estimate of drug-likeness (QED) is 0.629. The van der Waals surface area contributed by atoms with Crippen LogP contribution in [0.1, 0.15) is 6.92 Å². The Labute approximate surface area is 91.6 Å². The van der Waals surface area contributed by atoms with Crippen LogP contribution in [-0.4, -0.2) is 36.4 Å². The van der Waals surface area contributed by atoms with Crippen molar-refractivity contribution in [2.24, 2.45) is 0 Å². The Hall–Kier alpha value is -1.01. The number of hydrogen-bond donors (Lipinski definition) is 2. The molecule has 2 unspecified atom stereocenters. The van der Waals surface area contributed by atoms with E-state index in [1.807, 2.05) is 0 Å². The van der Waals surface area contributed by atoms with Gasteiger partial charge in [-0.05, 0) is 13.0 Å². The Balaban J connectivity index is 2.02. The van der Waals surface area contributed by atoms with Crippen LogP contribution in [-0.2, 0) is 14.3 Å². The molecule has 0 aromatic rings. The third-order valence-electron chi connectivity index (χ3n) is 2.18.